The predicted molar refractivity (Wildman–Crippen MR) is 73.0 cm³/mol. The Morgan fingerprint density at radius 3 is 2.40 bits per heavy atom. The quantitative estimate of drug-likeness (QED) is 0.362. The summed E-state index contributed by atoms with van der Waals surface area (Å²) in [4.78, 5) is 11.6. The predicted octanol–water partition coefficient (Wildman–Crippen LogP) is -0.303. The molecule has 0 spiro atoms. The van der Waals surface area contributed by atoms with Crippen LogP contribution in [0.2, 0.25) is 0 Å². The number of carbonyl (C=O) groups excluding carboxylic acids is 1. The standard InChI is InChI=1S/C15H15NO3.Na.H/c1-16(18)11-15(17)19-14-10-6-5-9-13(14)12-7-3-2-4-8-12;;/h2-10,18H,11H2,1H3;;/q;+1;-1. The van der Waals surface area contributed by atoms with Crippen molar-refractivity contribution >= 4 is 5.97 Å². The van der Waals surface area contributed by atoms with E-state index in [1.54, 1.807) is 12.1 Å². The zero-order valence-corrected chi connectivity index (χ0v) is 13.6. The second-order valence-corrected chi connectivity index (χ2v) is 4.15. The molecule has 100 valence electrons. The average Bonchev–Trinajstić information content (AvgIpc) is 2.39. The molecule has 4 nitrogen and oxygen atoms in total. The zero-order valence-electron chi connectivity index (χ0n) is 12.6. The van der Waals surface area contributed by atoms with Gasteiger partial charge in [-0.15, -0.1) is 0 Å². The van der Waals surface area contributed by atoms with Gasteiger partial charge in [-0.05, 0) is 11.6 Å². The molecule has 0 unspecified atom stereocenters. The molecule has 2 aromatic rings. The van der Waals surface area contributed by atoms with Crippen molar-refractivity contribution < 1.29 is 45.7 Å². The van der Waals surface area contributed by atoms with Crippen molar-refractivity contribution in [2.75, 3.05) is 13.6 Å². The van der Waals surface area contributed by atoms with Gasteiger partial charge in [0.05, 0.1) is 0 Å². The van der Waals surface area contributed by atoms with Gasteiger partial charge >= 0.3 is 35.5 Å². The van der Waals surface area contributed by atoms with Crippen molar-refractivity contribution in [2.45, 2.75) is 0 Å². The van der Waals surface area contributed by atoms with Crippen molar-refractivity contribution in [3.63, 3.8) is 0 Å². The Hall–Kier alpha value is -1.17. The van der Waals surface area contributed by atoms with Crippen LogP contribution in [0.15, 0.2) is 54.6 Å². The molecule has 0 atom stereocenters. The van der Waals surface area contributed by atoms with Gasteiger partial charge in [-0.25, -0.2) is 0 Å². The number of hydrogen-bond acceptors (Lipinski definition) is 4. The van der Waals surface area contributed by atoms with Crippen LogP contribution in [0.1, 0.15) is 1.43 Å². The number of hydroxylamine groups is 2. The smallest absolute Gasteiger partial charge is 1.00 e. The molecule has 1 N–H and O–H groups in total. The third-order valence-electron chi connectivity index (χ3n) is 2.55. The number of carbonyl (C=O) groups is 1. The fraction of sp³-hybridized carbons (Fsp3) is 0.133. The first-order valence-electron chi connectivity index (χ1n) is 5.92. The molecule has 2 aromatic carbocycles. The van der Waals surface area contributed by atoms with Crippen LogP contribution in [-0.4, -0.2) is 29.8 Å². The van der Waals surface area contributed by atoms with Gasteiger partial charge in [-0.1, -0.05) is 48.5 Å². The molecule has 0 heterocycles. The van der Waals surface area contributed by atoms with Gasteiger partial charge in [0.2, 0.25) is 0 Å². The maximum atomic E-state index is 11.6. The molecular weight excluding hydrogens is 265 g/mol. The van der Waals surface area contributed by atoms with E-state index < -0.39 is 5.97 Å². The first kappa shape index (κ1) is 16.9. The summed E-state index contributed by atoms with van der Waals surface area (Å²) in [7, 11) is 1.39. The van der Waals surface area contributed by atoms with E-state index in [0.29, 0.717) is 5.75 Å². The number of rotatable bonds is 4. The second kappa shape index (κ2) is 8.19. The van der Waals surface area contributed by atoms with Crippen molar-refractivity contribution in [1.29, 1.82) is 0 Å². The SMILES string of the molecule is CN(O)CC(=O)Oc1ccccc1-c1ccccc1.[H-].[Na+]. The molecule has 0 saturated heterocycles. The fourth-order valence-corrected chi connectivity index (χ4v) is 1.75. The monoisotopic (exact) mass is 281 g/mol. The van der Waals surface area contributed by atoms with Crippen LogP contribution in [0.25, 0.3) is 11.1 Å². The largest absolute Gasteiger partial charge is 1.00 e. The Kier molecular flexibility index (Phi) is 6.91. The van der Waals surface area contributed by atoms with Gasteiger partial charge in [-0.2, -0.15) is 5.06 Å². The van der Waals surface area contributed by atoms with E-state index in [4.69, 9.17) is 9.94 Å². The van der Waals surface area contributed by atoms with E-state index in [1.165, 1.54) is 7.05 Å². The number of nitrogens with zero attached hydrogens (tertiary/aromatic N) is 1. The molecule has 5 heteroatoms. The molecular formula is C15H16NNaO3. The van der Waals surface area contributed by atoms with Gasteiger partial charge < -0.3 is 11.4 Å². The number of para-hydroxylation sites is 1. The molecule has 0 aliphatic rings. The van der Waals surface area contributed by atoms with Crippen LogP contribution in [-0.2, 0) is 4.79 Å². The number of benzene rings is 2. The van der Waals surface area contributed by atoms with Crippen molar-refractivity contribution in [3.05, 3.63) is 54.6 Å². The van der Waals surface area contributed by atoms with Gasteiger partial charge in [0, 0.05) is 12.6 Å². The molecule has 0 radical (unpaired) electrons. The van der Waals surface area contributed by atoms with Crippen molar-refractivity contribution in [3.8, 4) is 16.9 Å². The molecule has 0 amide bonds. The molecule has 20 heavy (non-hydrogen) atoms. The van der Waals surface area contributed by atoms with Crippen molar-refractivity contribution in [2.24, 2.45) is 0 Å². The summed E-state index contributed by atoms with van der Waals surface area (Å²) in [5.74, 6) is -0.0195. The van der Waals surface area contributed by atoms with E-state index in [-0.39, 0.29) is 37.5 Å². The molecule has 0 bridgehead atoms. The summed E-state index contributed by atoms with van der Waals surface area (Å²) < 4.78 is 5.27. The van der Waals surface area contributed by atoms with E-state index in [1.807, 2.05) is 42.5 Å². The topological polar surface area (TPSA) is 49.8 Å². The zero-order chi connectivity index (χ0) is 13.7. The van der Waals surface area contributed by atoms with Crippen LogP contribution >= 0.6 is 0 Å². The summed E-state index contributed by atoms with van der Waals surface area (Å²) >= 11 is 0. The third kappa shape index (κ3) is 4.74. The molecule has 0 aliphatic carbocycles. The van der Waals surface area contributed by atoms with Gasteiger partial charge in [0.1, 0.15) is 12.3 Å². The van der Waals surface area contributed by atoms with Gasteiger partial charge in [-0.3, -0.25) is 4.79 Å². The summed E-state index contributed by atoms with van der Waals surface area (Å²) in [6.45, 7) is -0.177. The summed E-state index contributed by atoms with van der Waals surface area (Å²) in [5, 5.41) is 9.80. The van der Waals surface area contributed by atoms with Crippen LogP contribution < -0.4 is 34.3 Å². The van der Waals surface area contributed by atoms with Crippen LogP contribution in [0.3, 0.4) is 0 Å². The molecule has 0 aliphatic heterocycles. The van der Waals surface area contributed by atoms with Gasteiger partial charge in [0.25, 0.3) is 0 Å². The normalized spacial score (nSPS) is 9.95. The first-order valence-corrected chi connectivity index (χ1v) is 5.92. The molecule has 0 saturated carbocycles. The van der Waals surface area contributed by atoms with E-state index in [0.717, 1.165) is 16.2 Å². The first-order chi connectivity index (χ1) is 9.16. The van der Waals surface area contributed by atoms with Crippen LogP contribution in [0, 0.1) is 0 Å². The van der Waals surface area contributed by atoms with E-state index >= 15 is 0 Å². The molecule has 0 aromatic heterocycles. The number of ether oxygens (including phenoxy) is 1. The molecule has 2 rings (SSSR count). The summed E-state index contributed by atoms with van der Waals surface area (Å²) in [5.41, 5.74) is 1.82. The minimum atomic E-state index is -0.506. The maximum absolute atomic E-state index is 11.6. The Balaban J connectivity index is 0.00000200. The summed E-state index contributed by atoms with van der Waals surface area (Å²) in [6.07, 6.45) is 0. The Morgan fingerprint density at radius 2 is 1.75 bits per heavy atom. The Bertz CT molecular complexity index is 564. The number of likely N-dealkylation sites (N-methyl/N-ethyl adjacent to an activating group) is 1. The summed E-state index contributed by atoms with van der Waals surface area (Å²) in [6, 6.07) is 17.0. The Labute approximate surface area is 141 Å². The minimum Gasteiger partial charge on any atom is -1.00 e. The molecule has 0 fully saturated rings. The van der Waals surface area contributed by atoms with Crippen LogP contribution in [0.5, 0.6) is 5.75 Å². The fourth-order valence-electron chi connectivity index (χ4n) is 1.75. The second-order valence-electron chi connectivity index (χ2n) is 4.15. The van der Waals surface area contributed by atoms with E-state index in [9.17, 15) is 4.79 Å². The maximum Gasteiger partial charge on any atom is 1.00 e. The van der Waals surface area contributed by atoms with Gasteiger partial charge in [0.15, 0.2) is 0 Å². The minimum absolute atomic E-state index is 0. The average molecular weight is 281 g/mol. The van der Waals surface area contributed by atoms with E-state index in [2.05, 4.69) is 0 Å². The third-order valence-corrected chi connectivity index (χ3v) is 2.55. The number of hydrogen-bond donors (Lipinski definition) is 1. The van der Waals surface area contributed by atoms with Crippen molar-refractivity contribution in [1.82, 2.24) is 5.06 Å². The van der Waals surface area contributed by atoms with Crippen LogP contribution in [0.4, 0.5) is 0 Å². The number of esters is 1. The Morgan fingerprint density at radius 1 is 1.15 bits per heavy atom.